The molecule has 1 aliphatic heterocycles. The normalized spacial score (nSPS) is 33.8. The van der Waals surface area contributed by atoms with Crippen molar-refractivity contribution in [2.24, 2.45) is 29.6 Å². The summed E-state index contributed by atoms with van der Waals surface area (Å²) in [5.74, 6) is 5.60. The number of hydrogen-bond acceptors (Lipinski definition) is 9. The first-order valence-corrected chi connectivity index (χ1v) is 21.8. The van der Waals surface area contributed by atoms with Crippen LogP contribution in [0, 0.1) is 41.4 Å². The standard InChI is InChI=1S/C49H62N2O7/c1-4-5-7-14-39-41(53)23-36(37-25-45(58-3)44(56)22-34(37)29-52)31(20-30-11-8-6-9-12-30)15-16-32-28-51-47-17-10-13-35-21-33(27-50-2)38-24-42(54)43(55)26-40(38)49(35,47)46(32)48(39,57)19-18-47/h6,8-9,11-12,22,24-26,31-33,35-36,39,46,50-52,54-57H,4-5,7,10,13-14,17-21,23,27-29H2,1-3H3/t31-,32+,33-,35-,36-,39+,46+,47-,48+,49+/m1/s1. The molecule has 1 heterocycles. The van der Waals surface area contributed by atoms with E-state index in [0.717, 1.165) is 73.7 Å². The fourth-order valence-electron chi connectivity index (χ4n) is 13.2. The molecule has 58 heavy (non-hydrogen) atoms. The number of carbonyl (C=O) groups is 1. The maximum atomic E-state index is 15.6. The van der Waals surface area contributed by atoms with Crippen molar-refractivity contribution in [1.82, 2.24) is 10.6 Å². The minimum Gasteiger partial charge on any atom is -0.504 e. The number of Topliss-reactive ketones (excluding diaryl/α,β-unsaturated/α-hetero) is 1. The number of phenolic OH excluding ortho intramolecular Hbond substituents is 3. The maximum Gasteiger partial charge on any atom is 0.160 e. The zero-order chi connectivity index (χ0) is 40.8. The van der Waals surface area contributed by atoms with Gasteiger partial charge in [-0.1, -0.05) is 74.8 Å². The second-order valence-corrected chi connectivity index (χ2v) is 18.2. The van der Waals surface area contributed by atoms with Crippen LogP contribution in [0.15, 0.2) is 54.6 Å². The van der Waals surface area contributed by atoms with Crippen LogP contribution < -0.4 is 15.4 Å². The van der Waals surface area contributed by atoms with Crippen LogP contribution >= 0.6 is 0 Å². The molecule has 9 nitrogen and oxygen atoms in total. The Bertz CT molecular complexity index is 2060. The number of carbonyl (C=O) groups excluding carboxylic acids is 1. The van der Waals surface area contributed by atoms with E-state index in [2.05, 4.69) is 41.5 Å². The summed E-state index contributed by atoms with van der Waals surface area (Å²) in [4.78, 5) is 15.6. The van der Waals surface area contributed by atoms with Gasteiger partial charge in [0.2, 0.25) is 0 Å². The summed E-state index contributed by atoms with van der Waals surface area (Å²) in [6.45, 7) is 3.12. The van der Waals surface area contributed by atoms with E-state index >= 15 is 4.79 Å². The highest BCUT2D eigenvalue weighted by molar-refractivity contribution is 5.84. The predicted molar refractivity (Wildman–Crippen MR) is 224 cm³/mol. The van der Waals surface area contributed by atoms with Crippen molar-refractivity contribution in [2.45, 2.75) is 119 Å². The van der Waals surface area contributed by atoms with Crippen LogP contribution in [0.5, 0.6) is 23.0 Å². The number of rotatable bonds is 11. The highest BCUT2D eigenvalue weighted by atomic mass is 16.5. The number of nitrogens with one attached hydrogen (secondary N) is 2. The van der Waals surface area contributed by atoms with Crippen molar-refractivity contribution in [3.63, 3.8) is 0 Å². The number of piperidine rings is 1. The lowest BCUT2D eigenvalue weighted by atomic mass is 9.34. The molecule has 9 heteroatoms. The van der Waals surface area contributed by atoms with Crippen molar-refractivity contribution in [1.29, 1.82) is 0 Å². The van der Waals surface area contributed by atoms with Gasteiger partial charge >= 0.3 is 0 Å². The molecular formula is C49H62N2O7. The van der Waals surface area contributed by atoms with Gasteiger partial charge in [0.05, 0.1) is 19.3 Å². The maximum absolute atomic E-state index is 15.6. The number of hydrogen-bond donors (Lipinski definition) is 7. The predicted octanol–water partition coefficient (Wildman–Crippen LogP) is 6.96. The number of methoxy groups -OCH3 is 1. The molecule has 2 bridgehead atoms. The quantitative estimate of drug-likeness (QED) is 0.0621. The summed E-state index contributed by atoms with van der Waals surface area (Å²) >= 11 is 0. The number of ketones is 1. The molecule has 0 unspecified atom stereocenters. The van der Waals surface area contributed by atoms with Gasteiger partial charge in [0.15, 0.2) is 23.0 Å². The van der Waals surface area contributed by atoms with Gasteiger partial charge in [0.1, 0.15) is 5.78 Å². The number of ether oxygens (including phenoxy) is 1. The minimum absolute atomic E-state index is 0.00693. The molecule has 0 radical (unpaired) electrons. The molecule has 3 fully saturated rings. The van der Waals surface area contributed by atoms with Crippen LogP contribution in [0.4, 0.5) is 0 Å². The largest absolute Gasteiger partial charge is 0.504 e. The van der Waals surface area contributed by atoms with Gasteiger partial charge in [-0.15, -0.1) is 0 Å². The molecule has 2 saturated carbocycles. The van der Waals surface area contributed by atoms with E-state index in [1.54, 1.807) is 18.2 Å². The van der Waals surface area contributed by atoms with Crippen molar-refractivity contribution in [3.05, 3.63) is 82.4 Å². The van der Waals surface area contributed by atoms with Crippen LogP contribution in [-0.4, -0.2) is 69.7 Å². The molecule has 0 amide bonds. The smallest absolute Gasteiger partial charge is 0.160 e. The fraction of sp³-hybridized carbons (Fsp3) is 0.571. The number of aliphatic hydroxyl groups is 2. The Labute approximate surface area is 343 Å². The Kier molecular flexibility index (Phi) is 11.4. The van der Waals surface area contributed by atoms with E-state index in [1.165, 1.54) is 13.2 Å². The van der Waals surface area contributed by atoms with E-state index in [-0.39, 0.29) is 71.0 Å². The summed E-state index contributed by atoms with van der Waals surface area (Å²) in [7, 11) is 3.45. The van der Waals surface area contributed by atoms with E-state index in [0.29, 0.717) is 37.8 Å². The van der Waals surface area contributed by atoms with E-state index < -0.39 is 28.8 Å². The first kappa shape index (κ1) is 40.7. The van der Waals surface area contributed by atoms with Gasteiger partial charge in [-0.25, -0.2) is 0 Å². The Hall–Kier alpha value is -4.07. The summed E-state index contributed by atoms with van der Waals surface area (Å²) < 4.78 is 5.60. The molecular weight excluding hydrogens is 729 g/mol. The second-order valence-electron chi connectivity index (χ2n) is 18.2. The SMILES string of the molecule is CCCCC[C@H]1C(=O)C[C@@H](c2cc(OC)c(O)cc2CO)[C@@H](Cc2ccccc2)C#C[C@H]2CN[C@@]34CCC[C@@H]5C[C@H](CNC)c6cc(O)c(O)cc6[C@]53[C@@H]2[C@]1(O)CC4. The molecule has 1 spiro atoms. The molecule has 7 N–H and O–H groups in total. The van der Waals surface area contributed by atoms with Gasteiger partial charge in [0, 0.05) is 60.1 Å². The number of unbranched alkanes of at least 4 members (excludes halogenated alkanes) is 2. The lowest BCUT2D eigenvalue weighted by Gasteiger charge is -2.73. The summed E-state index contributed by atoms with van der Waals surface area (Å²) in [5.41, 5.74) is 1.93. The van der Waals surface area contributed by atoms with Crippen LogP contribution in [-0.2, 0) is 23.2 Å². The van der Waals surface area contributed by atoms with Crippen molar-refractivity contribution >= 4 is 5.78 Å². The van der Waals surface area contributed by atoms with Gasteiger partial charge < -0.3 is 40.9 Å². The fourth-order valence-corrected chi connectivity index (χ4v) is 13.2. The highest BCUT2D eigenvalue weighted by Crippen LogP contribution is 2.71. The second kappa shape index (κ2) is 16.2. The zero-order valence-corrected chi connectivity index (χ0v) is 34.4. The Morgan fingerprint density at radius 3 is 2.50 bits per heavy atom. The Morgan fingerprint density at radius 1 is 0.966 bits per heavy atom. The molecule has 3 aromatic carbocycles. The first-order chi connectivity index (χ1) is 28.0. The van der Waals surface area contributed by atoms with Crippen LogP contribution in [0.3, 0.4) is 0 Å². The lowest BCUT2D eigenvalue weighted by molar-refractivity contribution is -0.213. The number of aliphatic hydroxyl groups excluding tert-OH is 1. The van der Waals surface area contributed by atoms with Gasteiger partial charge in [0.25, 0.3) is 0 Å². The summed E-state index contributed by atoms with van der Waals surface area (Å²) in [5, 5.41) is 65.4. The molecule has 3 aromatic rings. The summed E-state index contributed by atoms with van der Waals surface area (Å²) in [6.07, 6.45) is 8.93. The molecule has 4 aliphatic carbocycles. The topological polar surface area (TPSA) is 152 Å². The van der Waals surface area contributed by atoms with Crippen molar-refractivity contribution in [2.75, 3.05) is 27.2 Å². The number of phenols is 3. The molecule has 5 aliphatic rings. The average Bonchev–Trinajstić information content (AvgIpc) is 3.22. The minimum atomic E-state index is -1.39. The van der Waals surface area contributed by atoms with E-state index in [1.807, 2.05) is 25.2 Å². The third-order valence-electron chi connectivity index (χ3n) is 15.4. The Morgan fingerprint density at radius 2 is 1.76 bits per heavy atom. The van der Waals surface area contributed by atoms with Crippen LogP contribution in [0.2, 0.25) is 0 Å². The molecule has 1 saturated heterocycles. The van der Waals surface area contributed by atoms with Crippen molar-refractivity contribution < 1.29 is 35.1 Å². The number of likely N-dealkylation sites (N-methyl/N-ethyl adjacent to an activating group) is 1. The monoisotopic (exact) mass is 790 g/mol. The number of aromatic hydroxyl groups is 3. The van der Waals surface area contributed by atoms with Crippen LogP contribution in [0.25, 0.3) is 0 Å². The third-order valence-corrected chi connectivity index (χ3v) is 15.4. The molecule has 310 valence electrons. The number of benzene rings is 3. The molecule has 0 aromatic heterocycles. The lowest BCUT2D eigenvalue weighted by Crippen LogP contribution is -2.81. The first-order valence-electron chi connectivity index (χ1n) is 21.8. The number of fused-ring (bicyclic) bond motifs is 1. The average molecular weight is 791 g/mol. The Balaban J connectivity index is 1.39. The van der Waals surface area contributed by atoms with Gasteiger partial charge in [-0.2, -0.15) is 0 Å². The summed E-state index contributed by atoms with van der Waals surface area (Å²) in [6, 6.07) is 17.1. The van der Waals surface area contributed by atoms with Crippen LogP contribution in [0.1, 0.15) is 117 Å². The molecule has 10 atom stereocenters. The van der Waals surface area contributed by atoms with Crippen molar-refractivity contribution in [3.8, 4) is 34.8 Å². The third kappa shape index (κ3) is 6.50. The van der Waals surface area contributed by atoms with Gasteiger partial charge in [-0.3, -0.25) is 4.79 Å². The highest BCUT2D eigenvalue weighted by Gasteiger charge is 2.74. The zero-order valence-electron chi connectivity index (χ0n) is 34.4. The van der Waals surface area contributed by atoms with E-state index in [9.17, 15) is 25.5 Å². The van der Waals surface area contributed by atoms with Gasteiger partial charge in [-0.05, 0) is 116 Å². The molecule has 8 rings (SSSR count). The van der Waals surface area contributed by atoms with E-state index in [4.69, 9.17) is 4.74 Å².